The summed E-state index contributed by atoms with van der Waals surface area (Å²) >= 11 is 0. The summed E-state index contributed by atoms with van der Waals surface area (Å²) in [6.45, 7) is 0.206. The molecule has 10 heteroatoms. The Kier molecular flexibility index (Phi) is 5.00. The zero-order valence-corrected chi connectivity index (χ0v) is 14.4. The second-order valence-corrected chi connectivity index (χ2v) is 6.21. The summed E-state index contributed by atoms with van der Waals surface area (Å²) in [7, 11) is 0. The Morgan fingerprint density at radius 3 is 2.57 bits per heavy atom. The van der Waals surface area contributed by atoms with Crippen molar-refractivity contribution in [1.29, 1.82) is 5.26 Å². The predicted molar refractivity (Wildman–Crippen MR) is 91.1 cm³/mol. The number of anilines is 1. The smallest absolute Gasteiger partial charge is 0.417 e. The normalized spacial score (nSPS) is 17.3. The lowest BCUT2D eigenvalue weighted by atomic mass is 10.0. The van der Waals surface area contributed by atoms with Crippen molar-refractivity contribution >= 4 is 17.5 Å². The van der Waals surface area contributed by atoms with E-state index in [1.807, 2.05) is 0 Å². The van der Waals surface area contributed by atoms with E-state index in [-0.39, 0.29) is 30.9 Å². The Labute approximate surface area is 157 Å². The number of benzene rings is 1. The summed E-state index contributed by atoms with van der Waals surface area (Å²) in [5.41, 5.74) is 4.32. The van der Waals surface area contributed by atoms with Crippen LogP contribution in [0.4, 0.5) is 18.9 Å². The lowest BCUT2D eigenvalue weighted by Crippen LogP contribution is -2.60. The SMILES string of the molecule is N#Cc1ccc(N2CCN(C(=O)c3ccoc3)C(C(N)=O)C2)cc1C(F)(F)F. The molecule has 2 amide bonds. The largest absolute Gasteiger partial charge is 0.472 e. The maximum atomic E-state index is 13.2. The van der Waals surface area contributed by atoms with Crippen LogP contribution in [0.3, 0.4) is 0 Å². The maximum Gasteiger partial charge on any atom is 0.417 e. The Morgan fingerprint density at radius 2 is 2.00 bits per heavy atom. The number of amides is 2. The van der Waals surface area contributed by atoms with Crippen molar-refractivity contribution < 1.29 is 27.2 Å². The molecule has 1 fully saturated rings. The van der Waals surface area contributed by atoms with E-state index in [0.29, 0.717) is 0 Å². The molecule has 2 heterocycles. The van der Waals surface area contributed by atoms with Crippen molar-refractivity contribution in [2.24, 2.45) is 5.73 Å². The average molecular weight is 392 g/mol. The highest BCUT2D eigenvalue weighted by Gasteiger charge is 2.37. The first-order chi connectivity index (χ1) is 13.2. The number of carbonyl (C=O) groups excluding carboxylic acids is 2. The molecule has 1 unspecified atom stereocenters. The van der Waals surface area contributed by atoms with Gasteiger partial charge in [0.25, 0.3) is 5.91 Å². The Bertz CT molecular complexity index is 935. The molecule has 0 radical (unpaired) electrons. The molecule has 146 valence electrons. The molecule has 1 saturated heterocycles. The van der Waals surface area contributed by atoms with Gasteiger partial charge in [-0.3, -0.25) is 9.59 Å². The van der Waals surface area contributed by atoms with Crippen molar-refractivity contribution in [1.82, 2.24) is 4.90 Å². The predicted octanol–water partition coefficient (Wildman–Crippen LogP) is 1.99. The fourth-order valence-corrected chi connectivity index (χ4v) is 3.12. The minimum Gasteiger partial charge on any atom is -0.472 e. The van der Waals surface area contributed by atoms with Gasteiger partial charge in [-0.1, -0.05) is 0 Å². The first-order valence-electron chi connectivity index (χ1n) is 8.21. The van der Waals surface area contributed by atoms with Crippen LogP contribution in [0.1, 0.15) is 21.5 Å². The third-order valence-electron chi connectivity index (χ3n) is 4.53. The minimum atomic E-state index is -4.69. The Morgan fingerprint density at radius 1 is 1.25 bits per heavy atom. The summed E-state index contributed by atoms with van der Waals surface area (Å²) in [4.78, 5) is 27.2. The third kappa shape index (κ3) is 3.64. The van der Waals surface area contributed by atoms with Gasteiger partial charge in [-0.25, -0.2) is 0 Å². The highest BCUT2D eigenvalue weighted by atomic mass is 19.4. The van der Waals surface area contributed by atoms with Gasteiger partial charge in [0.2, 0.25) is 5.91 Å². The number of furan rings is 1. The number of carbonyl (C=O) groups is 2. The van der Waals surface area contributed by atoms with Gasteiger partial charge in [0.15, 0.2) is 0 Å². The quantitative estimate of drug-likeness (QED) is 0.860. The summed E-state index contributed by atoms with van der Waals surface area (Å²) in [5.74, 6) is -1.22. The number of hydrogen-bond donors (Lipinski definition) is 1. The van der Waals surface area contributed by atoms with Crippen LogP contribution in [0.15, 0.2) is 41.2 Å². The van der Waals surface area contributed by atoms with Crippen molar-refractivity contribution in [2.75, 3.05) is 24.5 Å². The van der Waals surface area contributed by atoms with Crippen molar-refractivity contribution in [2.45, 2.75) is 12.2 Å². The van der Waals surface area contributed by atoms with Crippen molar-refractivity contribution in [3.63, 3.8) is 0 Å². The van der Waals surface area contributed by atoms with Crippen LogP contribution >= 0.6 is 0 Å². The molecule has 2 aromatic rings. The molecule has 0 spiro atoms. The highest BCUT2D eigenvalue weighted by molar-refractivity contribution is 5.97. The second kappa shape index (κ2) is 7.26. The number of nitrogens with two attached hydrogens (primary N) is 1. The van der Waals surface area contributed by atoms with Crippen molar-refractivity contribution in [3.05, 3.63) is 53.5 Å². The fourth-order valence-electron chi connectivity index (χ4n) is 3.12. The van der Waals surface area contributed by atoms with Crippen LogP contribution in [0.2, 0.25) is 0 Å². The number of halogens is 3. The number of rotatable bonds is 3. The average Bonchev–Trinajstić information content (AvgIpc) is 3.20. The molecule has 1 aliphatic rings. The summed E-state index contributed by atoms with van der Waals surface area (Å²) < 4.78 is 44.5. The van der Waals surface area contributed by atoms with Crippen LogP contribution in [0.25, 0.3) is 0 Å². The first-order valence-corrected chi connectivity index (χ1v) is 8.21. The molecule has 2 N–H and O–H groups in total. The molecule has 3 rings (SSSR count). The van der Waals surface area contributed by atoms with Crippen LogP contribution in [-0.2, 0) is 11.0 Å². The molecule has 0 bridgehead atoms. The second-order valence-electron chi connectivity index (χ2n) is 6.21. The van der Waals surface area contributed by atoms with Gasteiger partial charge in [-0.2, -0.15) is 18.4 Å². The number of nitrogens with zero attached hydrogens (tertiary/aromatic N) is 3. The highest BCUT2D eigenvalue weighted by Crippen LogP contribution is 2.35. The van der Waals surface area contributed by atoms with Gasteiger partial charge >= 0.3 is 6.18 Å². The number of nitriles is 1. The number of hydrogen-bond acceptors (Lipinski definition) is 5. The van der Waals surface area contributed by atoms with Crippen LogP contribution in [0.5, 0.6) is 0 Å². The standard InChI is InChI=1S/C18H15F3N4O3/c19-18(20,21)14-7-13(2-1-11(14)8-22)24-4-5-25(15(9-24)16(23)26)17(27)12-3-6-28-10-12/h1-3,6-7,10,15H,4-5,9H2,(H2,23,26). The van der Waals surface area contributed by atoms with E-state index in [9.17, 15) is 22.8 Å². The lowest BCUT2D eigenvalue weighted by Gasteiger charge is -2.41. The molecular formula is C18H15F3N4O3. The third-order valence-corrected chi connectivity index (χ3v) is 4.53. The van der Waals surface area contributed by atoms with Gasteiger partial charge in [0.1, 0.15) is 12.3 Å². The zero-order chi connectivity index (χ0) is 20.5. The Balaban J connectivity index is 1.88. The van der Waals surface area contributed by atoms with Crippen LogP contribution in [0, 0.1) is 11.3 Å². The maximum absolute atomic E-state index is 13.2. The summed E-state index contributed by atoms with van der Waals surface area (Å²) in [5, 5.41) is 8.91. The topological polar surface area (TPSA) is 104 Å². The van der Waals surface area contributed by atoms with Crippen LogP contribution < -0.4 is 10.6 Å². The molecule has 7 nitrogen and oxygen atoms in total. The van der Waals surface area contributed by atoms with E-state index in [2.05, 4.69) is 0 Å². The van der Waals surface area contributed by atoms with E-state index < -0.39 is 35.2 Å². The molecule has 1 aromatic heterocycles. The molecule has 1 atom stereocenters. The molecule has 28 heavy (non-hydrogen) atoms. The lowest BCUT2D eigenvalue weighted by molar-refractivity contribution is -0.137. The van der Waals surface area contributed by atoms with Gasteiger partial charge in [0, 0.05) is 25.3 Å². The van der Waals surface area contributed by atoms with Crippen LogP contribution in [-0.4, -0.2) is 42.4 Å². The van der Waals surface area contributed by atoms with E-state index in [0.717, 1.165) is 12.1 Å². The molecular weight excluding hydrogens is 377 g/mol. The monoisotopic (exact) mass is 392 g/mol. The zero-order valence-electron chi connectivity index (χ0n) is 14.4. The van der Waals surface area contributed by atoms with E-state index in [4.69, 9.17) is 15.4 Å². The number of piperazine rings is 1. The number of alkyl halides is 3. The molecule has 1 aromatic carbocycles. The van der Waals surface area contributed by atoms with Gasteiger partial charge in [-0.05, 0) is 24.3 Å². The van der Waals surface area contributed by atoms with E-state index >= 15 is 0 Å². The first kappa shape index (κ1) is 19.3. The summed E-state index contributed by atoms with van der Waals surface area (Å²) in [6, 6.07) is 5.27. The van der Waals surface area contributed by atoms with Gasteiger partial charge in [0.05, 0.1) is 29.0 Å². The molecule has 1 aliphatic heterocycles. The molecule has 0 saturated carbocycles. The van der Waals surface area contributed by atoms with Gasteiger partial charge in [-0.15, -0.1) is 0 Å². The minimum absolute atomic E-state index is 0.0673. The van der Waals surface area contributed by atoms with Crippen molar-refractivity contribution in [3.8, 4) is 6.07 Å². The fraction of sp³-hybridized carbons (Fsp3) is 0.278. The summed E-state index contributed by atoms with van der Waals surface area (Å²) in [6.07, 6.45) is -2.13. The Hall–Kier alpha value is -3.48. The van der Waals surface area contributed by atoms with Gasteiger partial charge < -0.3 is 20.0 Å². The van der Waals surface area contributed by atoms with E-state index in [1.54, 1.807) is 0 Å². The molecule has 0 aliphatic carbocycles. The van der Waals surface area contributed by atoms with E-state index in [1.165, 1.54) is 40.5 Å². The number of primary amides is 1.